The molecule has 2 rings (SSSR count). The van der Waals surface area contributed by atoms with Crippen molar-refractivity contribution in [1.82, 2.24) is 9.88 Å². The van der Waals surface area contributed by atoms with Crippen LogP contribution in [-0.4, -0.2) is 35.7 Å². The summed E-state index contributed by atoms with van der Waals surface area (Å²) in [6.45, 7) is 3.62. The van der Waals surface area contributed by atoms with E-state index in [4.69, 9.17) is 0 Å². The molecule has 2 atom stereocenters. The van der Waals surface area contributed by atoms with Crippen LogP contribution in [0, 0.1) is 0 Å². The van der Waals surface area contributed by atoms with E-state index in [1.54, 1.807) is 17.2 Å². The van der Waals surface area contributed by atoms with E-state index >= 15 is 0 Å². The van der Waals surface area contributed by atoms with Crippen LogP contribution in [0.1, 0.15) is 31.1 Å². The maximum absolute atomic E-state index is 12.8. The topological polar surface area (TPSA) is 67.3 Å². The molecule has 2 aromatic rings. The van der Waals surface area contributed by atoms with Crippen molar-refractivity contribution in [3.8, 4) is 0 Å². The predicted molar refractivity (Wildman–Crippen MR) is 93.9 cm³/mol. The normalized spacial score (nSPS) is 14.0. The summed E-state index contributed by atoms with van der Waals surface area (Å²) in [5.41, 5.74) is 1.66. The lowest BCUT2D eigenvalue weighted by Gasteiger charge is -2.31. The van der Waals surface area contributed by atoms with Gasteiger partial charge in [0.1, 0.15) is 5.25 Å². The van der Waals surface area contributed by atoms with Crippen molar-refractivity contribution < 1.29 is 13.2 Å². The molecule has 1 aromatic heterocycles. The summed E-state index contributed by atoms with van der Waals surface area (Å²) >= 11 is 0. The van der Waals surface area contributed by atoms with E-state index < -0.39 is 21.0 Å². The lowest BCUT2D eigenvalue weighted by Crippen LogP contribution is -2.42. The van der Waals surface area contributed by atoms with Crippen LogP contribution in [-0.2, 0) is 21.2 Å². The molecule has 0 bridgehead atoms. The fourth-order valence-corrected chi connectivity index (χ4v) is 2.89. The Kier molecular flexibility index (Phi) is 5.72. The fourth-order valence-electron chi connectivity index (χ4n) is 2.39. The van der Waals surface area contributed by atoms with Crippen LogP contribution in [0.25, 0.3) is 0 Å². The van der Waals surface area contributed by atoms with Gasteiger partial charge < -0.3 is 4.90 Å². The van der Waals surface area contributed by atoms with Crippen LogP contribution < -0.4 is 0 Å². The van der Waals surface area contributed by atoms with Gasteiger partial charge >= 0.3 is 0 Å². The van der Waals surface area contributed by atoms with Gasteiger partial charge in [-0.25, -0.2) is 8.42 Å². The highest BCUT2D eigenvalue weighted by molar-refractivity contribution is 7.92. The monoisotopic (exact) mass is 346 g/mol. The van der Waals surface area contributed by atoms with E-state index in [0.717, 1.165) is 17.5 Å². The Bertz CT molecular complexity index is 776. The van der Waals surface area contributed by atoms with Gasteiger partial charge in [-0.1, -0.05) is 36.4 Å². The molecule has 5 nitrogen and oxygen atoms in total. The molecule has 1 amide bonds. The SMILES string of the molecule is C[C@H](C(=O)N(Cc1ccccc1)[C@@H](C)c1ccccn1)S(C)(=O)=O. The maximum Gasteiger partial charge on any atom is 0.241 e. The second kappa shape index (κ2) is 7.57. The minimum absolute atomic E-state index is 0.330. The number of hydrogen-bond donors (Lipinski definition) is 0. The Morgan fingerprint density at radius 1 is 1.08 bits per heavy atom. The third-order valence-electron chi connectivity index (χ3n) is 4.05. The van der Waals surface area contributed by atoms with Gasteiger partial charge in [0.05, 0.1) is 11.7 Å². The van der Waals surface area contributed by atoms with Crippen molar-refractivity contribution >= 4 is 15.7 Å². The Balaban J connectivity index is 2.36. The third kappa shape index (κ3) is 4.41. The van der Waals surface area contributed by atoms with Crippen LogP contribution in [0.15, 0.2) is 54.7 Å². The molecule has 0 N–H and O–H groups in total. The summed E-state index contributed by atoms with van der Waals surface area (Å²) in [4.78, 5) is 18.7. The van der Waals surface area contributed by atoms with Crippen molar-refractivity contribution in [2.75, 3.05) is 6.26 Å². The van der Waals surface area contributed by atoms with Crippen LogP contribution in [0.2, 0.25) is 0 Å². The van der Waals surface area contributed by atoms with Crippen LogP contribution in [0.4, 0.5) is 0 Å². The first-order chi connectivity index (χ1) is 11.3. The van der Waals surface area contributed by atoms with Crippen molar-refractivity contribution in [3.63, 3.8) is 0 Å². The molecular formula is C18H22N2O3S. The third-order valence-corrected chi connectivity index (χ3v) is 5.54. The van der Waals surface area contributed by atoms with Crippen LogP contribution in [0.3, 0.4) is 0 Å². The average molecular weight is 346 g/mol. The number of carbonyl (C=O) groups is 1. The number of amides is 1. The first-order valence-corrected chi connectivity index (χ1v) is 9.70. The van der Waals surface area contributed by atoms with Gasteiger partial charge in [-0.05, 0) is 31.5 Å². The smallest absolute Gasteiger partial charge is 0.241 e. The standard InChI is InChI=1S/C18H22N2O3S/c1-14(17-11-7-8-12-19-17)20(13-16-9-5-4-6-10-16)18(21)15(2)24(3,22)23/h4-12,14-15H,13H2,1-3H3/t14-,15+/m0/s1. The highest BCUT2D eigenvalue weighted by atomic mass is 32.2. The van der Waals surface area contributed by atoms with E-state index in [0.29, 0.717) is 6.54 Å². The summed E-state index contributed by atoms with van der Waals surface area (Å²) in [5, 5.41) is -1.09. The number of rotatable bonds is 6. The molecule has 0 radical (unpaired) electrons. The number of nitrogens with zero attached hydrogens (tertiary/aromatic N) is 2. The molecule has 6 heteroatoms. The molecule has 24 heavy (non-hydrogen) atoms. The number of carbonyl (C=O) groups excluding carboxylic acids is 1. The highest BCUT2D eigenvalue weighted by Crippen LogP contribution is 2.23. The molecule has 0 aliphatic rings. The summed E-state index contributed by atoms with van der Waals surface area (Å²) in [7, 11) is -3.47. The Labute approximate surface area is 143 Å². The number of sulfone groups is 1. The predicted octanol–water partition coefficient (Wildman–Crippen LogP) is 2.60. The molecule has 0 saturated heterocycles. The van der Waals surface area contributed by atoms with Gasteiger partial charge in [0.15, 0.2) is 9.84 Å². The molecule has 1 aromatic carbocycles. The van der Waals surface area contributed by atoms with E-state index in [2.05, 4.69) is 4.98 Å². The molecular weight excluding hydrogens is 324 g/mol. The summed E-state index contributed by atoms with van der Waals surface area (Å²) in [6, 6.07) is 14.7. The lowest BCUT2D eigenvalue weighted by molar-refractivity contribution is -0.133. The first-order valence-electron chi connectivity index (χ1n) is 7.75. The molecule has 1 heterocycles. The highest BCUT2D eigenvalue weighted by Gasteiger charge is 2.31. The molecule has 0 aliphatic heterocycles. The summed E-state index contributed by atoms with van der Waals surface area (Å²) in [6.07, 6.45) is 2.75. The Morgan fingerprint density at radius 2 is 1.71 bits per heavy atom. The second-order valence-electron chi connectivity index (χ2n) is 5.85. The minimum Gasteiger partial charge on any atom is -0.329 e. The van der Waals surface area contributed by atoms with E-state index in [-0.39, 0.29) is 6.04 Å². The van der Waals surface area contributed by atoms with Gasteiger partial charge in [-0.2, -0.15) is 0 Å². The Hall–Kier alpha value is -2.21. The first kappa shape index (κ1) is 18.1. The van der Waals surface area contributed by atoms with Crippen molar-refractivity contribution in [3.05, 3.63) is 66.0 Å². The quantitative estimate of drug-likeness (QED) is 0.806. The fraction of sp³-hybridized carbons (Fsp3) is 0.333. The lowest BCUT2D eigenvalue weighted by atomic mass is 10.1. The molecule has 0 fully saturated rings. The zero-order chi connectivity index (χ0) is 17.7. The van der Waals surface area contributed by atoms with Gasteiger partial charge in [0.25, 0.3) is 0 Å². The summed E-state index contributed by atoms with van der Waals surface area (Å²) in [5.74, 6) is -0.417. The number of hydrogen-bond acceptors (Lipinski definition) is 4. The van der Waals surface area contributed by atoms with Gasteiger partial charge in [0.2, 0.25) is 5.91 Å². The zero-order valence-corrected chi connectivity index (χ0v) is 14.9. The second-order valence-corrected chi connectivity index (χ2v) is 8.22. The zero-order valence-electron chi connectivity index (χ0n) is 14.1. The van der Waals surface area contributed by atoms with E-state index in [9.17, 15) is 13.2 Å². The van der Waals surface area contributed by atoms with E-state index in [1.807, 2.05) is 49.4 Å². The van der Waals surface area contributed by atoms with Crippen molar-refractivity contribution in [2.45, 2.75) is 31.7 Å². The van der Waals surface area contributed by atoms with Gasteiger partial charge in [0, 0.05) is 19.0 Å². The number of pyridine rings is 1. The summed E-state index contributed by atoms with van der Waals surface area (Å²) < 4.78 is 23.7. The van der Waals surface area contributed by atoms with Crippen molar-refractivity contribution in [2.24, 2.45) is 0 Å². The minimum atomic E-state index is -3.47. The van der Waals surface area contributed by atoms with E-state index in [1.165, 1.54) is 6.92 Å². The molecule has 128 valence electrons. The molecule has 0 unspecified atom stereocenters. The maximum atomic E-state index is 12.8. The molecule has 0 spiro atoms. The molecule has 0 aliphatic carbocycles. The van der Waals surface area contributed by atoms with Crippen molar-refractivity contribution in [1.29, 1.82) is 0 Å². The number of benzene rings is 1. The van der Waals surface area contributed by atoms with Gasteiger partial charge in [-0.15, -0.1) is 0 Å². The largest absolute Gasteiger partial charge is 0.329 e. The Morgan fingerprint density at radius 3 is 2.25 bits per heavy atom. The average Bonchev–Trinajstić information content (AvgIpc) is 2.58. The van der Waals surface area contributed by atoms with Crippen LogP contribution in [0.5, 0.6) is 0 Å². The van der Waals surface area contributed by atoms with Gasteiger partial charge in [-0.3, -0.25) is 9.78 Å². The number of aromatic nitrogens is 1. The molecule has 0 saturated carbocycles. The van der Waals surface area contributed by atoms with Crippen LogP contribution >= 0.6 is 0 Å².